The Kier molecular flexibility index (Phi) is 6.76. The Morgan fingerprint density at radius 2 is 2.00 bits per heavy atom. The number of unbranched alkanes of at least 4 members (excludes halogenated alkanes) is 2. The molecule has 0 saturated carbocycles. The molecule has 0 aliphatic heterocycles. The number of nitrogens with zero attached hydrogens (tertiary/aromatic N) is 1. The largest absolute Gasteiger partial charge is 0.550 e. The van der Waals surface area contributed by atoms with Gasteiger partial charge >= 0.3 is 0 Å². The molecular formula is C9H18NO2-. The van der Waals surface area contributed by atoms with E-state index in [1.54, 1.807) is 0 Å². The van der Waals surface area contributed by atoms with E-state index < -0.39 is 5.97 Å². The molecule has 0 rings (SSSR count). The molecule has 0 aromatic heterocycles. The van der Waals surface area contributed by atoms with Gasteiger partial charge in [-0.1, -0.05) is 13.3 Å². The third-order valence-corrected chi connectivity index (χ3v) is 1.96. The summed E-state index contributed by atoms with van der Waals surface area (Å²) in [5.74, 6) is -0.932. The average Bonchev–Trinajstić information content (AvgIpc) is 2.03. The summed E-state index contributed by atoms with van der Waals surface area (Å²) in [5, 5.41) is 10.0. The van der Waals surface area contributed by atoms with Gasteiger partial charge in [-0.2, -0.15) is 0 Å². The molecule has 0 heterocycles. The van der Waals surface area contributed by atoms with Crippen molar-refractivity contribution < 1.29 is 9.90 Å². The van der Waals surface area contributed by atoms with Crippen LogP contribution in [0, 0.1) is 0 Å². The van der Waals surface area contributed by atoms with Crippen LogP contribution in [-0.2, 0) is 4.79 Å². The number of carbonyl (C=O) groups is 1. The Morgan fingerprint density at radius 1 is 1.33 bits per heavy atom. The van der Waals surface area contributed by atoms with Gasteiger partial charge < -0.3 is 14.8 Å². The second kappa shape index (κ2) is 7.10. The van der Waals surface area contributed by atoms with E-state index >= 15 is 0 Å². The zero-order valence-corrected chi connectivity index (χ0v) is 8.01. The maximum absolute atomic E-state index is 10.0. The lowest BCUT2D eigenvalue weighted by atomic mass is 10.2. The fourth-order valence-electron chi connectivity index (χ4n) is 0.986. The van der Waals surface area contributed by atoms with Crippen molar-refractivity contribution >= 4 is 5.97 Å². The topological polar surface area (TPSA) is 43.4 Å². The molecule has 0 bridgehead atoms. The summed E-state index contributed by atoms with van der Waals surface area (Å²) in [4.78, 5) is 12.3. The molecule has 3 nitrogen and oxygen atoms in total. The predicted octanol–water partition coefficient (Wildman–Crippen LogP) is 0.248. The van der Waals surface area contributed by atoms with Gasteiger partial charge in [0.2, 0.25) is 0 Å². The van der Waals surface area contributed by atoms with E-state index in [9.17, 15) is 9.90 Å². The third kappa shape index (κ3) is 7.54. The van der Waals surface area contributed by atoms with Gasteiger partial charge in [-0.25, -0.2) is 0 Å². The van der Waals surface area contributed by atoms with Crippen molar-refractivity contribution in [2.24, 2.45) is 0 Å². The van der Waals surface area contributed by atoms with Crippen molar-refractivity contribution in [1.29, 1.82) is 0 Å². The number of carboxylic acids is 1. The molecule has 0 radical (unpaired) electrons. The number of aliphatic carboxylic acids is 1. The summed E-state index contributed by atoms with van der Waals surface area (Å²) in [6.07, 6.45) is 3.02. The lowest BCUT2D eigenvalue weighted by Gasteiger charge is -2.12. The molecule has 0 aromatic carbocycles. The predicted molar refractivity (Wildman–Crippen MR) is 46.6 cm³/mol. The van der Waals surface area contributed by atoms with Crippen LogP contribution >= 0.6 is 0 Å². The highest BCUT2D eigenvalue weighted by atomic mass is 16.4. The van der Waals surface area contributed by atoms with Crippen molar-refractivity contribution in [3.63, 3.8) is 0 Å². The zero-order chi connectivity index (χ0) is 9.40. The van der Waals surface area contributed by atoms with E-state index in [1.165, 1.54) is 0 Å². The smallest absolute Gasteiger partial charge is 0.0414 e. The van der Waals surface area contributed by atoms with Crippen LogP contribution in [0.15, 0.2) is 0 Å². The van der Waals surface area contributed by atoms with E-state index in [2.05, 4.69) is 18.9 Å². The zero-order valence-electron chi connectivity index (χ0n) is 8.01. The van der Waals surface area contributed by atoms with Gasteiger partial charge in [0, 0.05) is 5.97 Å². The summed E-state index contributed by atoms with van der Waals surface area (Å²) in [7, 11) is 2.07. The van der Waals surface area contributed by atoms with Crippen molar-refractivity contribution in [3.05, 3.63) is 0 Å². The quantitative estimate of drug-likeness (QED) is 0.517. The highest BCUT2D eigenvalue weighted by Gasteiger charge is 1.94. The molecule has 72 valence electrons. The monoisotopic (exact) mass is 172 g/mol. The first-order valence-electron chi connectivity index (χ1n) is 4.55. The van der Waals surface area contributed by atoms with Crippen molar-refractivity contribution in [1.82, 2.24) is 4.90 Å². The molecule has 0 spiro atoms. The minimum absolute atomic E-state index is 0.204. The molecule has 0 unspecified atom stereocenters. The van der Waals surface area contributed by atoms with Crippen LogP contribution in [0.2, 0.25) is 0 Å². The lowest BCUT2D eigenvalue weighted by Crippen LogP contribution is -2.22. The van der Waals surface area contributed by atoms with Gasteiger partial charge in [0.15, 0.2) is 0 Å². The summed E-state index contributed by atoms with van der Waals surface area (Å²) in [5.41, 5.74) is 0. The van der Waals surface area contributed by atoms with E-state index in [1.807, 2.05) is 0 Å². The highest BCUT2D eigenvalue weighted by molar-refractivity contribution is 5.63. The van der Waals surface area contributed by atoms with Gasteiger partial charge in [-0.3, -0.25) is 0 Å². The second-order valence-corrected chi connectivity index (χ2v) is 3.08. The van der Waals surface area contributed by atoms with E-state index in [0.29, 0.717) is 0 Å². The minimum Gasteiger partial charge on any atom is -0.550 e. The number of carbonyl (C=O) groups excluding carboxylic acids is 1. The van der Waals surface area contributed by atoms with E-state index in [-0.39, 0.29) is 6.42 Å². The first-order valence-corrected chi connectivity index (χ1v) is 4.55. The fraction of sp³-hybridized carbons (Fsp3) is 0.889. The summed E-state index contributed by atoms with van der Waals surface area (Å²) < 4.78 is 0. The first-order chi connectivity index (χ1) is 5.66. The Balaban J connectivity index is 3.05. The van der Waals surface area contributed by atoms with Crippen LogP contribution in [-0.4, -0.2) is 31.0 Å². The van der Waals surface area contributed by atoms with Gasteiger partial charge in [0.1, 0.15) is 0 Å². The van der Waals surface area contributed by atoms with Gasteiger partial charge in [-0.05, 0) is 39.4 Å². The summed E-state index contributed by atoms with van der Waals surface area (Å²) >= 11 is 0. The first kappa shape index (κ1) is 11.4. The third-order valence-electron chi connectivity index (χ3n) is 1.96. The normalized spacial score (nSPS) is 10.6. The Labute approximate surface area is 74.4 Å². The molecule has 3 heteroatoms. The standard InChI is InChI=1S/C9H19NO2/c1-3-10(2)8-6-4-5-7-9(11)12/h3-8H2,1-2H3,(H,11,12)/p-1. The summed E-state index contributed by atoms with van der Waals surface area (Å²) in [6, 6.07) is 0. The number of hydrogen-bond acceptors (Lipinski definition) is 3. The van der Waals surface area contributed by atoms with Gasteiger partial charge in [-0.15, -0.1) is 0 Å². The van der Waals surface area contributed by atoms with Crippen LogP contribution < -0.4 is 5.11 Å². The number of hydrogen-bond donors (Lipinski definition) is 0. The molecule has 12 heavy (non-hydrogen) atoms. The summed E-state index contributed by atoms with van der Waals surface area (Å²) in [6.45, 7) is 4.23. The average molecular weight is 172 g/mol. The molecular weight excluding hydrogens is 154 g/mol. The number of carboxylic acid groups (broad SMARTS) is 1. The molecule has 0 aliphatic carbocycles. The Morgan fingerprint density at radius 3 is 2.50 bits per heavy atom. The van der Waals surface area contributed by atoms with Gasteiger partial charge in [0.25, 0.3) is 0 Å². The van der Waals surface area contributed by atoms with Crippen molar-refractivity contribution in [2.45, 2.75) is 32.6 Å². The second-order valence-electron chi connectivity index (χ2n) is 3.08. The lowest BCUT2D eigenvalue weighted by molar-refractivity contribution is -0.305. The van der Waals surface area contributed by atoms with Crippen LogP contribution in [0.1, 0.15) is 32.6 Å². The van der Waals surface area contributed by atoms with Crippen molar-refractivity contribution in [2.75, 3.05) is 20.1 Å². The Hall–Kier alpha value is -0.570. The molecule has 0 atom stereocenters. The maximum Gasteiger partial charge on any atom is 0.0414 e. The molecule has 0 aliphatic rings. The SMILES string of the molecule is CCN(C)CCCCCC(=O)[O-]. The molecule has 0 saturated heterocycles. The minimum atomic E-state index is -0.932. The number of rotatable bonds is 7. The molecule has 0 N–H and O–H groups in total. The van der Waals surface area contributed by atoms with Gasteiger partial charge in [0.05, 0.1) is 0 Å². The van der Waals surface area contributed by atoms with Crippen LogP contribution in [0.4, 0.5) is 0 Å². The fourth-order valence-corrected chi connectivity index (χ4v) is 0.986. The molecule has 0 fully saturated rings. The highest BCUT2D eigenvalue weighted by Crippen LogP contribution is 1.99. The molecule has 0 amide bonds. The Bertz CT molecular complexity index is 126. The van der Waals surface area contributed by atoms with Crippen LogP contribution in [0.3, 0.4) is 0 Å². The van der Waals surface area contributed by atoms with Crippen LogP contribution in [0.25, 0.3) is 0 Å². The van der Waals surface area contributed by atoms with E-state index in [0.717, 1.165) is 32.4 Å². The van der Waals surface area contributed by atoms with Crippen molar-refractivity contribution in [3.8, 4) is 0 Å². The maximum atomic E-state index is 10.0. The molecule has 0 aromatic rings. The van der Waals surface area contributed by atoms with E-state index in [4.69, 9.17) is 0 Å². The van der Waals surface area contributed by atoms with Crippen LogP contribution in [0.5, 0.6) is 0 Å².